The topological polar surface area (TPSA) is 3.24 Å². The first-order valence-corrected chi connectivity index (χ1v) is 6.62. The van der Waals surface area contributed by atoms with Crippen LogP contribution < -0.4 is 0 Å². The van der Waals surface area contributed by atoms with Gasteiger partial charge >= 0.3 is 0 Å². The van der Waals surface area contributed by atoms with Gasteiger partial charge in [-0.2, -0.15) is 0 Å². The van der Waals surface area contributed by atoms with Crippen LogP contribution in [0.2, 0.25) is 0 Å². The second-order valence-corrected chi connectivity index (χ2v) is 4.75. The molecule has 2 rings (SSSR count). The lowest BCUT2D eigenvalue weighted by molar-refractivity contribution is 0.494. The van der Waals surface area contributed by atoms with E-state index in [0.717, 1.165) is 0 Å². The molecule has 1 aromatic rings. The van der Waals surface area contributed by atoms with Crippen molar-refractivity contribution in [3.63, 3.8) is 0 Å². The van der Waals surface area contributed by atoms with E-state index in [0.29, 0.717) is 0 Å². The summed E-state index contributed by atoms with van der Waals surface area (Å²) in [5, 5.41) is 0. The van der Waals surface area contributed by atoms with Gasteiger partial charge in [0.15, 0.2) is 0 Å². The summed E-state index contributed by atoms with van der Waals surface area (Å²) in [6.07, 6.45) is 4.72. The number of hydrogen-bond acceptors (Lipinski definition) is 2. The third kappa shape index (κ3) is 2.37. The molecular formula is C13H17NS. The molecule has 1 saturated heterocycles. The fourth-order valence-corrected chi connectivity index (χ4v) is 2.36. The Hall–Kier alpha value is -0.890. The highest BCUT2D eigenvalue weighted by Gasteiger charge is 2.14. The van der Waals surface area contributed by atoms with Crippen LogP contribution in [0.3, 0.4) is 0 Å². The fourth-order valence-electron chi connectivity index (χ4n) is 1.95. The summed E-state index contributed by atoms with van der Waals surface area (Å²) in [5.74, 6) is 0. The van der Waals surface area contributed by atoms with Gasteiger partial charge in [0.05, 0.1) is 0 Å². The van der Waals surface area contributed by atoms with Crippen LogP contribution in [0.15, 0.2) is 35.7 Å². The Morgan fingerprint density at radius 1 is 1.20 bits per heavy atom. The molecule has 0 aromatic heterocycles. The van der Waals surface area contributed by atoms with Crippen LogP contribution in [0.25, 0.3) is 5.70 Å². The van der Waals surface area contributed by atoms with Crippen LogP contribution in [0.4, 0.5) is 0 Å². The third-order valence-electron chi connectivity index (χ3n) is 2.91. The largest absolute Gasteiger partial charge is 0.372 e. The van der Waals surface area contributed by atoms with Crippen molar-refractivity contribution in [2.24, 2.45) is 0 Å². The van der Waals surface area contributed by atoms with E-state index in [2.05, 4.69) is 42.0 Å². The number of likely N-dealkylation sites (tertiary alicyclic amines) is 1. The van der Waals surface area contributed by atoms with Crippen molar-refractivity contribution in [1.29, 1.82) is 0 Å². The minimum Gasteiger partial charge on any atom is -0.372 e. The number of nitrogens with zero attached hydrogens (tertiary/aromatic N) is 1. The summed E-state index contributed by atoms with van der Waals surface area (Å²) in [6.45, 7) is 6.52. The molecule has 0 saturated carbocycles. The monoisotopic (exact) mass is 219 g/mol. The maximum absolute atomic E-state index is 4.18. The predicted molar refractivity (Wildman–Crippen MR) is 68.1 cm³/mol. The van der Waals surface area contributed by atoms with E-state index in [1.54, 1.807) is 11.8 Å². The molecule has 0 amide bonds. The second-order valence-electron chi connectivity index (χ2n) is 3.87. The predicted octanol–water partition coefficient (Wildman–Crippen LogP) is 3.48. The first-order chi connectivity index (χ1) is 7.31. The smallest absolute Gasteiger partial charge is 0.0366 e. The van der Waals surface area contributed by atoms with Gasteiger partial charge in [0.1, 0.15) is 0 Å². The quantitative estimate of drug-likeness (QED) is 0.716. The second kappa shape index (κ2) is 4.75. The highest BCUT2D eigenvalue weighted by molar-refractivity contribution is 7.98. The molecule has 80 valence electrons. The third-order valence-corrected chi connectivity index (χ3v) is 3.65. The first-order valence-electron chi connectivity index (χ1n) is 5.39. The zero-order chi connectivity index (χ0) is 10.7. The van der Waals surface area contributed by atoms with E-state index < -0.39 is 0 Å². The van der Waals surface area contributed by atoms with Crippen LogP contribution >= 0.6 is 11.8 Å². The molecule has 0 unspecified atom stereocenters. The molecule has 1 aromatic carbocycles. The molecule has 1 fully saturated rings. The van der Waals surface area contributed by atoms with E-state index in [1.165, 1.54) is 42.1 Å². The van der Waals surface area contributed by atoms with Crippen molar-refractivity contribution in [3.8, 4) is 0 Å². The summed E-state index contributed by atoms with van der Waals surface area (Å²) < 4.78 is 0. The molecule has 1 nitrogen and oxygen atoms in total. The molecule has 0 N–H and O–H groups in total. The summed E-state index contributed by atoms with van der Waals surface area (Å²) in [4.78, 5) is 3.70. The van der Waals surface area contributed by atoms with E-state index in [4.69, 9.17) is 0 Å². The molecule has 0 aliphatic carbocycles. The van der Waals surface area contributed by atoms with Gasteiger partial charge in [-0.25, -0.2) is 0 Å². The number of benzene rings is 1. The lowest BCUT2D eigenvalue weighted by atomic mass is 10.1. The number of thioether (sulfide) groups is 1. The normalized spacial score (nSPS) is 15.7. The summed E-state index contributed by atoms with van der Waals surface area (Å²) in [7, 11) is 0. The maximum atomic E-state index is 4.18. The Labute approximate surface area is 96.2 Å². The van der Waals surface area contributed by atoms with Gasteiger partial charge in [-0.3, -0.25) is 0 Å². The Balaban J connectivity index is 2.11. The Morgan fingerprint density at radius 3 is 2.33 bits per heavy atom. The van der Waals surface area contributed by atoms with Crippen molar-refractivity contribution in [2.75, 3.05) is 19.3 Å². The van der Waals surface area contributed by atoms with Crippen molar-refractivity contribution in [2.45, 2.75) is 17.7 Å². The molecule has 1 aliphatic heterocycles. The highest BCUT2D eigenvalue weighted by Crippen LogP contribution is 2.24. The molecule has 0 spiro atoms. The average Bonchev–Trinajstić information content (AvgIpc) is 2.82. The van der Waals surface area contributed by atoms with Crippen LogP contribution in [0.5, 0.6) is 0 Å². The van der Waals surface area contributed by atoms with Crippen molar-refractivity contribution in [1.82, 2.24) is 4.90 Å². The zero-order valence-electron chi connectivity index (χ0n) is 9.20. The van der Waals surface area contributed by atoms with E-state index in [9.17, 15) is 0 Å². The van der Waals surface area contributed by atoms with Crippen LogP contribution in [0, 0.1) is 0 Å². The molecule has 15 heavy (non-hydrogen) atoms. The standard InChI is InChI=1S/C13H17NS/c1-11(14-9-3-4-10-14)12-5-7-13(15-2)8-6-12/h5-8H,1,3-4,9-10H2,2H3. The highest BCUT2D eigenvalue weighted by atomic mass is 32.2. The summed E-state index contributed by atoms with van der Waals surface area (Å²) in [5.41, 5.74) is 2.44. The molecule has 1 aliphatic rings. The van der Waals surface area contributed by atoms with Gasteiger partial charge in [-0.15, -0.1) is 11.8 Å². The van der Waals surface area contributed by atoms with Gasteiger partial charge < -0.3 is 4.90 Å². The van der Waals surface area contributed by atoms with Crippen molar-refractivity contribution < 1.29 is 0 Å². The van der Waals surface area contributed by atoms with Crippen molar-refractivity contribution >= 4 is 17.5 Å². The van der Waals surface area contributed by atoms with Gasteiger partial charge in [-0.1, -0.05) is 18.7 Å². The van der Waals surface area contributed by atoms with E-state index >= 15 is 0 Å². The van der Waals surface area contributed by atoms with Gasteiger partial charge in [0, 0.05) is 23.7 Å². The molecule has 1 heterocycles. The van der Waals surface area contributed by atoms with Gasteiger partial charge in [0.2, 0.25) is 0 Å². The maximum Gasteiger partial charge on any atom is 0.0366 e. The molecule has 0 atom stereocenters. The number of rotatable bonds is 3. The minimum absolute atomic E-state index is 1.17. The molecular weight excluding hydrogens is 202 g/mol. The molecule has 2 heteroatoms. The van der Waals surface area contributed by atoms with Crippen LogP contribution in [-0.2, 0) is 0 Å². The Morgan fingerprint density at radius 2 is 1.80 bits per heavy atom. The Bertz CT molecular complexity index is 336. The molecule has 0 bridgehead atoms. The van der Waals surface area contributed by atoms with E-state index in [-0.39, 0.29) is 0 Å². The van der Waals surface area contributed by atoms with E-state index in [1.807, 2.05) is 0 Å². The fraction of sp³-hybridized carbons (Fsp3) is 0.385. The lowest BCUT2D eigenvalue weighted by Crippen LogP contribution is -2.16. The molecule has 0 radical (unpaired) electrons. The van der Waals surface area contributed by atoms with Crippen molar-refractivity contribution in [3.05, 3.63) is 36.4 Å². The SMILES string of the molecule is C=C(c1ccc(SC)cc1)N1CCCC1. The first kappa shape index (κ1) is 10.6. The van der Waals surface area contributed by atoms with Crippen LogP contribution in [-0.4, -0.2) is 24.2 Å². The lowest BCUT2D eigenvalue weighted by Gasteiger charge is -2.20. The summed E-state index contributed by atoms with van der Waals surface area (Å²) in [6, 6.07) is 8.68. The van der Waals surface area contributed by atoms with Crippen LogP contribution in [0.1, 0.15) is 18.4 Å². The van der Waals surface area contributed by atoms with Gasteiger partial charge in [0.25, 0.3) is 0 Å². The number of hydrogen-bond donors (Lipinski definition) is 0. The van der Waals surface area contributed by atoms with Gasteiger partial charge in [-0.05, 0) is 36.8 Å². The summed E-state index contributed by atoms with van der Waals surface area (Å²) >= 11 is 1.78. The minimum atomic E-state index is 1.17. The average molecular weight is 219 g/mol. The Kier molecular flexibility index (Phi) is 3.37. The zero-order valence-corrected chi connectivity index (χ0v) is 10.0.